The van der Waals surface area contributed by atoms with Crippen LogP contribution in [0.4, 0.5) is 0 Å². The smallest absolute Gasteiger partial charge is 0.308 e. The molecule has 0 spiro atoms. The summed E-state index contributed by atoms with van der Waals surface area (Å²) >= 11 is 0. The Morgan fingerprint density at radius 3 is 2.29 bits per heavy atom. The zero-order chi connectivity index (χ0) is 20.7. The Hall–Kier alpha value is -2.97. The van der Waals surface area contributed by atoms with E-state index >= 15 is 0 Å². The molecule has 3 N–H and O–H groups in total. The molecule has 2 rings (SSSR count). The molecule has 9 heteroatoms. The highest BCUT2D eigenvalue weighted by molar-refractivity contribution is 5.96. The summed E-state index contributed by atoms with van der Waals surface area (Å²) in [4.78, 5) is 35.5. The van der Waals surface area contributed by atoms with Crippen LogP contribution >= 0.6 is 0 Å². The average molecular weight is 394 g/mol. The van der Waals surface area contributed by atoms with Crippen LogP contribution in [-0.2, 0) is 14.3 Å². The molecule has 1 aliphatic rings. The number of esters is 1. The number of methoxy groups -OCH3 is 3. The van der Waals surface area contributed by atoms with E-state index in [0.717, 1.165) is 19.3 Å². The Kier molecular flexibility index (Phi) is 7.48. The van der Waals surface area contributed by atoms with Crippen molar-refractivity contribution in [3.8, 4) is 17.2 Å². The van der Waals surface area contributed by atoms with Gasteiger partial charge in [-0.2, -0.15) is 0 Å². The number of carbonyl (C=O) groups is 3. The lowest BCUT2D eigenvalue weighted by molar-refractivity contribution is -0.146. The second kappa shape index (κ2) is 9.82. The van der Waals surface area contributed by atoms with Gasteiger partial charge in [-0.15, -0.1) is 0 Å². The summed E-state index contributed by atoms with van der Waals surface area (Å²) in [7, 11) is 4.19. The van der Waals surface area contributed by atoms with Crippen LogP contribution in [-0.4, -0.2) is 51.8 Å². The van der Waals surface area contributed by atoms with Crippen LogP contribution in [0.2, 0.25) is 0 Å². The highest BCUT2D eigenvalue weighted by atomic mass is 16.5. The molecule has 0 unspecified atom stereocenters. The zero-order valence-electron chi connectivity index (χ0n) is 16.3. The Bertz CT molecular complexity index is 710. The second-order valence-electron chi connectivity index (χ2n) is 6.52. The number of hydrogen-bond donors (Lipinski definition) is 2. The van der Waals surface area contributed by atoms with Gasteiger partial charge in [-0.1, -0.05) is 6.42 Å². The number of ether oxygens (including phenoxy) is 4. The summed E-state index contributed by atoms with van der Waals surface area (Å²) in [6, 6.07) is 2.86. The molecule has 0 radical (unpaired) electrons. The van der Waals surface area contributed by atoms with Gasteiger partial charge in [0, 0.05) is 11.6 Å². The van der Waals surface area contributed by atoms with Gasteiger partial charge in [0.25, 0.3) is 11.8 Å². The van der Waals surface area contributed by atoms with Crippen LogP contribution < -0.4 is 25.3 Å². The maximum absolute atomic E-state index is 12.7. The SMILES string of the molecule is COC(=O)[C@@H]1CCC[C@H](NC(=O)c2cc(OC)c(OCC(N)=O)c(OC)c2)C1. The fraction of sp³-hybridized carbons (Fsp3) is 0.526. The molecule has 9 nitrogen and oxygen atoms in total. The van der Waals surface area contributed by atoms with Gasteiger partial charge in [0.2, 0.25) is 5.75 Å². The van der Waals surface area contributed by atoms with Crippen molar-refractivity contribution >= 4 is 17.8 Å². The third-order valence-electron chi connectivity index (χ3n) is 4.63. The van der Waals surface area contributed by atoms with E-state index in [0.29, 0.717) is 12.0 Å². The van der Waals surface area contributed by atoms with Crippen molar-refractivity contribution in [3.05, 3.63) is 17.7 Å². The summed E-state index contributed by atoms with van der Waals surface area (Å²) < 4.78 is 20.7. The van der Waals surface area contributed by atoms with Crippen molar-refractivity contribution in [1.82, 2.24) is 5.32 Å². The van der Waals surface area contributed by atoms with Crippen molar-refractivity contribution in [3.63, 3.8) is 0 Å². The molecule has 1 aromatic carbocycles. The minimum atomic E-state index is -0.650. The Morgan fingerprint density at radius 2 is 1.75 bits per heavy atom. The fourth-order valence-electron chi connectivity index (χ4n) is 3.27. The molecular weight excluding hydrogens is 368 g/mol. The maximum Gasteiger partial charge on any atom is 0.308 e. The zero-order valence-corrected chi connectivity index (χ0v) is 16.3. The minimum absolute atomic E-state index is 0.131. The summed E-state index contributed by atoms with van der Waals surface area (Å²) in [6.07, 6.45) is 2.91. The first-order chi connectivity index (χ1) is 13.4. The summed E-state index contributed by atoms with van der Waals surface area (Å²) in [5.41, 5.74) is 5.41. The van der Waals surface area contributed by atoms with Gasteiger partial charge in [-0.05, 0) is 31.4 Å². The van der Waals surface area contributed by atoms with Crippen LogP contribution in [0.25, 0.3) is 0 Å². The van der Waals surface area contributed by atoms with E-state index in [-0.39, 0.29) is 47.7 Å². The van der Waals surface area contributed by atoms with E-state index in [1.54, 1.807) is 0 Å². The highest BCUT2D eigenvalue weighted by Crippen LogP contribution is 2.38. The van der Waals surface area contributed by atoms with Crippen LogP contribution in [0.3, 0.4) is 0 Å². The number of amides is 2. The molecule has 0 aliphatic heterocycles. The molecule has 0 saturated heterocycles. The van der Waals surface area contributed by atoms with Gasteiger partial charge in [-0.25, -0.2) is 0 Å². The predicted molar refractivity (Wildman–Crippen MR) is 99.5 cm³/mol. The Labute approximate surface area is 163 Å². The Balaban J connectivity index is 2.16. The van der Waals surface area contributed by atoms with E-state index < -0.39 is 5.91 Å². The molecule has 154 valence electrons. The van der Waals surface area contributed by atoms with Gasteiger partial charge in [0.1, 0.15) is 0 Å². The number of rotatable bonds is 8. The summed E-state index contributed by atoms with van der Waals surface area (Å²) in [6.45, 7) is -0.352. The topological polar surface area (TPSA) is 126 Å². The first-order valence-electron chi connectivity index (χ1n) is 8.95. The quantitative estimate of drug-likeness (QED) is 0.631. The van der Waals surface area contributed by atoms with Crippen LogP contribution in [0.5, 0.6) is 17.2 Å². The summed E-state index contributed by atoms with van der Waals surface area (Å²) in [5, 5.41) is 2.94. The average Bonchev–Trinajstić information content (AvgIpc) is 2.70. The normalized spacial score (nSPS) is 18.7. The van der Waals surface area contributed by atoms with Crippen molar-refractivity contribution < 1.29 is 33.3 Å². The Morgan fingerprint density at radius 1 is 1.11 bits per heavy atom. The number of nitrogens with two attached hydrogens (primary N) is 1. The lowest BCUT2D eigenvalue weighted by atomic mass is 9.85. The molecule has 2 amide bonds. The van der Waals surface area contributed by atoms with E-state index in [9.17, 15) is 14.4 Å². The molecule has 0 aromatic heterocycles. The molecule has 1 aromatic rings. The maximum atomic E-state index is 12.7. The third-order valence-corrected chi connectivity index (χ3v) is 4.63. The van der Waals surface area contributed by atoms with E-state index in [1.165, 1.54) is 33.5 Å². The minimum Gasteiger partial charge on any atom is -0.493 e. The number of hydrogen-bond acceptors (Lipinski definition) is 7. The number of carbonyl (C=O) groups excluding carboxylic acids is 3. The monoisotopic (exact) mass is 394 g/mol. The number of nitrogens with one attached hydrogen (secondary N) is 1. The van der Waals surface area contributed by atoms with Crippen LogP contribution in [0.15, 0.2) is 12.1 Å². The van der Waals surface area contributed by atoms with Gasteiger partial charge in [0.15, 0.2) is 18.1 Å². The van der Waals surface area contributed by atoms with Crippen molar-refractivity contribution in [2.45, 2.75) is 31.7 Å². The molecule has 2 atom stereocenters. The van der Waals surface area contributed by atoms with Crippen molar-refractivity contribution in [2.24, 2.45) is 11.7 Å². The fourth-order valence-corrected chi connectivity index (χ4v) is 3.27. The van der Waals surface area contributed by atoms with E-state index in [4.69, 9.17) is 24.7 Å². The van der Waals surface area contributed by atoms with Gasteiger partial charge in [-0.3, -0.25) is 14.4 Å². The number of benzene rings is 1. The van der Waals surface area contributed by atoms with E-state index in [1.807, 2.05) is 0 Å². The molecule has 0 heterocycles. The van der Waals surface area contributed by atoms with E-state index in [2.05, 4.69) is 5.32 Å². The predicted octanol–water partition coefficient (Wildman–Crippen LogP) is 1.03. The summed E-state index contributed by atoms with van der Waals surface area (Å²) in [5.74, 6) is -0.777. The molecule has 28 heavy (non-hydrogen) atoms. The number of primary amides is 1. The molecule has 1 fully saturated rings. The lowest BCUT2D eigenvalue weighted by Gasteiger charge is -2.28. The first kappa shape index (κ1) is 21.3. The highest BCUT2D eigenvalue weighted by Gasteiger charge is 2.29. The van der Waals surface area contributed by atoms with Crippen molar-refractivity contribution in [2.75, 3.05) is 27.9 Å². The van der Waals surface area contributed by atoms with Gasteiger partial charge >= 0.3 is 5.97 Å². The first-order valence-corrected chi connectivity index (χ1v) is 8.95. The van der Waals surface area contributed by atoms with Gasteiger partial charge in [0.05, 0.1) is 27.2 Å². The van der Waals surface area contributed by atoms with Crippen molar-refractivity contribution in [1.29, 1.82) is 0 Å². The van der Waals surface area contributed by atoms with Crippen LogP contribution in [0.1, 0.15) is 36.0 Å². The lowest BCUT2D eigenvalue weighted by Crippen LogP contribution is -2.40. The third kappa shape index (κ3) is 5.28. The van der Waals surface area contributed by atoms with Crippen LogP contribution in [0, 0.1) is 5.92 Å². The molecule has 1 saturated carbocycles. The largest absolute Gasteiger partial charge is 0.493 e. The molecule has 1 aliphatic carbocycles. The molecule has 0 bridgehead atoms. The standard InChI is InChI=1S/C19H26N2O7/c1-25-14-8-12(9-15(26-2)17(14)28-10-16(20)22)18(23)21-13-6-4-5-11(7-13)19(24)27-3/h8-9,11,13H,4-7,10H2,1-3H3,(H2,20,22)(H,21,23)/t11-,13+/m1/s1. The second-order valence-corrected chi connectivity index (χ2v) is 6.52. The molecular formula is C19H26N2O7. The van der Waals surface area contributed by atoms with Gasteiger partial charge < -0.3 is 30.0 Å².